The molecule has 0 aliphatic heterocycles. The van der Waals surface area contributed by atoms with Crippen LogP contribution in [-0.2, 0) is 20.7 Å². The summed E-state index contributed by atoms with van der Waals surface area (Å²) in [7, 11) is 0. The van der Waals surface area contributed by atoms with E-state index in [9.17, 15) is 14.0 Å². The molecule has 1 aromatic heterocycles. The Bertz CT molecular complexity index is 1060. The lowest BCUT2D eigenvalue weighted by molar-refractivity contribution is -0.153. The van der Waals surface area contributed by atoms with Crippen molar-refractivity contribution in [1.29, 1.82) is 0 Å². The minimum absolute atomic E-state index is 0.0689. The maximum absolute atomic E-state index is 13.0. The van der Waals surface area contributed by atoms with E-state index in [1.807, 2.05) is 0 Å². The van der Waals surface area contributed by atoms with E-state index in [4.69, 9.17) is 32.5 Å². The fraction of sp³-hybridized carbons (Fsp3) is 0.200. The average Bonchev–Trinajstić information content (AvgIpc) is 3.19. The summed E-state index contributed by atoms with van der Waals surface area (Å²) in [6.07, 6.45) is -0.993. The molecule has 7 nitrogen and oxygen atoms in total. The molecule has 0 bridgehead atoms. The third kappa shape index (κ3) is 5.55. The standard InChI is InChI=1S/C20H16Cl2FN3O4/c1-11(20(28)24-15-4-2-3-14(21)18(15)22)29-17(27)10-9-16-25-19(26-30-16)12-5-7-13(23)8-6-12/h2-8,11H,9-10H2,1H3,(H,24,28). The van der Waals surface area contributed by atoms with Gasteiger partial charge in [0, 0.05) is 12.0 Å². The highest BCUT2D eigenvalue weighted by Crippen LogP contribution is 2.29. The Morgan fingerprint density at radius 1 is 1.20 bits per heavy atom. The summed E-state index contributed by atoms with van der Waals surface area (Å²) < 4.78 is 23.2. The molecule has 0 fully saturated rings. The molecule has 0 aliphatic carbocycles. The van der Waals surface area contributed by atoms with Gasteiger partial charge < -0.3 is 14.6 Å². The number of benzene rings is 2. The van der Waals surface area contributed by atoms with E-state index in [0.717, 1.165) is 0 Å². The number of amides is 1. The van der Waals surface area contributed by atoms with Crippen molar-refractivity contribution in [3.8, 4) is 11.4 Å². The third-order valence-electron chi connectivity index (χ3n) is 4.00. The number of hydrogen-bond acceptors (Lipinski definition) is 6. The zero-order valence-corrected chi connectivity index (χ0v) is 17.2. The second-order valence-electron chi connectivity index (χ2n) is 6.24. The highest BCUT2D eigenvalue weighted by molar-refractivity contribution is 6.44. The normalized spacial score (nSPS) is 11.7. The van der Waals surface area contributed by atoms with Crippen LogP contribution in [0.4, 0.5) is 10.1 Å². The number of esters is 1. The van der Waals surface area contributed by atoms with Crippen molar-refractivity contribution >= 4 is 40.8 Å². The third-order valence-corrected chi connectivity index (χ3v) is 4.82. The Balaban J connectivity index is 1.50. The van der Waals surface area contributed by atoms with Crippen LogP contribution in [0.1, 0.15) is 19.2 Å². The molecule has 1 amide bonds. The van der Waals surface area contributed by atoms with E-state index in [1.165, 1.54) is 31.2 Å². The first-order valence-electron chi connectivity index (χ1n) is 8.86. The van der Waals surface area contributed by atoms with E-state index in [1.54, 1.807) is 18.2 Å². The van der Waals surface area contributed by atoms with Gasteiger partial charge in [-0.05, 0) is 43.3 Å². The van der Waals surface area contributed by atoms with Crippen molar-refractivity contribution in [3.05, 3.63) is 64.2 Å². The second-order valence-corrected chi connectivity index (χ2v) is 7.03. The van der Waals surface area contributed by atoms with Crippen LogP contribution in [0.5, 0.6) is 0 Å². The van der Waals surface area contributed by atoms with E-state index < -0.39 is 18.0 Å². The number of nitrogens with zero attached hydrogens (tertiary/aromatic N) is 2. The lowest BCUT2D eigenvalue weighted by atomic mass is 10.2. The largest absolute Gasteiger partial charge is 0.453 e. The molecule has 0 saturated heterocycles. The molecule has 3 rings (SSSR count). The fourth-order valence-electron chi connectivity index (χ4n) is 2.43. The van der Waals surface area contributed by atoms with Gasteiger partial charge in [-0.15, -0.1) is 0 Å². The smallest absolute Gasteiger partial charge is 0.307 e. The van der Waals surface area contributed by atoms with Gasteiger partial charge in [-0.2, -0.15) is 4.98 Å². The Morgan fingerprint density at radius 2 is 1.93 bits per heavy atom. The predicted molar refractivity (Wildman–Crippen MR) is 109 cm³/mol. The van der Waals surface area contributed by atoms with Crippen molar-refractivity contribution in [2.45, 2.75) is 25.9 Å². The van der Waals surface area contributed by atoms with Crippen molar-refractivity contribution in [3.63, 3.8) is 0 Å². The predicted octanol–water partition coefficient (Wildman–Crippen LogP) is 4.69. The van der Waals surface area contributed by atoms with Crippen molar-refractivity contribution < 1.29 is 23.2 Å². The molecule has 1 unspecified atom stereocenters. The summed E-state index contributed by atoms with van der Waals surface area (Å²) in [6, 6.07) is 10.4. The number of aryl methyl sites for hydroxylation is 1. The summed E-state index contributed by atoms with van der Waals surface area (Å²) in [5.41, 5.74) is 0.898. The average molecular weight is 452 g/mol. The van der Waals surface area contributed by atoms with Gasteiger partial charge in [0.05, 0.1) is 22.2 Å². The van der Waals surface area contributed by atoms with Gasteiger partial charge in [-0.3, -0.25) is 9.59 Å². The van der Waals surface area contributed by atoms with Crippen LogP contribution in [0.15, 0.2) is 47.0 Å². The molecule has 0 aliphatic rings. The molecule has 0 saturated carbocycles. The number of nitrogens with one attached hydrogen (secondary N) is 1. The molecule has 30 heavy (non-hydrogen) atoms. The van der Waals surface area contributed by atoms with Crippen LogP contribution in [0.25, 0.3) is 11.4 Å². The highest BCUT2D eigenvalue weighted by Gasteiger charge is 2.20. The molecular weight excluding hydrogens is 436 g/mol. The number of carbonyl (C=O) groups is 2. The number of rotatable bonds is 7. The monoisotopic (exact) mass is 451 g/mol. The summed E-state index contributed by atoms with van der Waals surface area (Å²) >= 11 is 11.9. The highest BCUT2D eigenvalue weighted by atomic mass is 35.5. The maximum Gasteiger partial charge on any atom is 0.307 e. The minimum Gasteiger partial charge on any atom is -0.453 e. The number of halogens is 3. The molecule has 10 heteroatoms. The number of carbonyl (C=O) groups excluding carboxylic acids is 2. The van der Waals surface area contributed by atoms with Gasteiger partial charge in [0.25, 0.3) is 5.91 Å². The molecule has 1 N–H and O–H groups in total. The van der Waals surface area contributed by atoms with Gasteiger partial charge in [0.2, 0.25) is 11.7 Å². The first-order valence-corrected chi connectivity index (χ1v) is 9.62. The number of anilines is 1. The lowest BCUT2D eigenvalue weighted by Crippen LogP contribution is -2.30. The summed E-state index contributed by atoms with van der Waals surface area (Å²) in [5.74, 6) is -1.04. The van der Waals surface area contributed by atoms with Gasteiger partial charge in [0.15, 0.2) is 6.10 Å². The van der Waals surface area contributed by atoms with E-state index in [2.05, 4.69) is 15.5 Å². The number of aromatic nitrogens is 2. The van der Waals surface area contributed by atoms with Gasteiger partial charge in [0.1, 0.15) is 5.82 Å². The van der Waals surface area contributed by atoms with Crippen LogP contribution in [0.2, 0.25) is 10.0 Å². The lowest BCUT2D eigenvalue weighted by Gasteiger charge is -2.14. The Labute approximate surface area is 181 Å². The Morgan fingerprint density at radius 3 is 2.67 bits per heavy atom. The molecule has 0 radical (unpaired) electrons. The molecule has 1 heterocycles. The molecular formula is C20H16Cl2FN3O4. The summed E-state index contributed by atoms with van der Waals surface area (Å²) in [5, 5.41) is 6.84. The van der Waals surface area contributed by atoms with Gasteiger partial charge in [-0.25, -0.2) is 4.39 Å². The number of ether oxygens (including phenoxy) is 1. The van der Waals surface area contributed by atoms with Gasteiger partial charge in [-0.1, -0.05) is 34.4 Å². The van der Waals surface area contributed by atoms with Crippen LogP contribution in [-0.4, -0.2) is 28.1 Å². The Hall–Kier alpha value is -2.97. The maximum atomic E-state index is 13.0. The first kappa shape index (κ1) is 21.7. The van der Waals surface area contributed by atoms with Crippen LogP contribution >= 0.6 is 23.2 Å². The zero-order valence-electron chi connectivity index (χ0n) is 15.7. The SMILES string of the molecule is CC(OC(=O)CCc1nc(-c2ccc(F)cc2)no1)C(=O)Nc1cccc(Cl)c1Cl. The van der Waals surface area contributed by atoms with E-state index >= 15 is 0 Å². The van der Waals surface area contributed by atoms with Crippen LogP contribution in [0, 0.1) is 5.82 Å². The first-order chi connectivity index (χ1) is 14.3. The molecule has 0 spiro atoms. The minimum atomic E-state index is -1.05. The number of hydrogen-bond donors (Lipinski definition) is 1. The fourth-order valence-corrected chi connectivity index (χ4v) is 2.77. The van der Waals surface area contributed by atoms with Crippen molar-refractivity contribution in [2.75, 3.05) is 5.32 Å². The van der Waals surface area contributed by atoms with Gasteiger partial charge >= 0.3 is 5.97 Å². The summed E-state index contributed by atoms with van der Waals surface area (Å²) in [4.78, 5) is 28.4. The topological polar surface area (TPSA) is 94.3 Å². The van der Waals surface area contributed by atoms with Crippen molar-refractivity contribution in [1.82, 2.24) is 10.1 Å². The zero-order chi connectivity index (χ0) is 21.7. The molecule has 1 atom stereocenters. The quantitative estimate of drug-likeness (QED) is 0.523. The van der Waals surface area contributed by atoms with Crippen LogP contribution < -0.4 is 5.32 Å². The second kappa shape index (κ2) is 9.69. The molecule has 2 aromatic carbocycles. The Kier molecular flexibility index (Phi) is 7.02. The molecule has 3 aromatic rings. The van der Waals surface area contributed by atoms with Crippen LogP contribution in [0.3, 0.4) is 0 Å². The van der Waals surface area contributed by atoms with E-state index in [0.29, 0.717) is 16.3 Å². The van der Waals surface area contributed by atoms with Crippen molar-refractivity contribution in [2.24, 2.45) is 0 Å². The van der Waals surface area contributed by atoms with E-state index in [-0.39, 0.29) is 35.4 Å². The summed E-state index contributed by atoms with van der Waals surface area (Å²) in [6.45, 7) is 1.44. The molecule has 156 valence electrons.